The van der Waals surface area contributed by atoms with Crippen molar-refractivity contribution < 1.29 is 4.79 Å². The van der Waals surface area contributed by atoms with Gasteiger partial charge in [-0.2, -0.15) is 10.4 Å². The van der Waals surface area contributed by atoms with Crippen molar-refractivity contribution in [2.75, 3.05) is 11.9 Å². The number of aromatic nitrogens is 3. The Morgan fingerprint density at radius 3 is 2.48 bits per heavy atom. The first-order valence-corrected chi connectivity index (χ1v) is 10.7. The van der Waals surface area contributed by atoms with Crippen LogP contribution in [0, 0.1) is 11.3 Å². The average Bonchev–Trinajstić information content (AvgIpc) is 3.29. The summed E-state index contributed by atoms with van der Waals surface area (Å²) < 4.78 is 1.74. The van der Waals surface area contributed by atoms with Crippen LogP contribution in [-0.2, 0) is 18.3 Å². The second kappa shape index (κ2) is 10.4. The molecule has 0 fully saturated rings. The number of rotatable bonds is 8. The number of nitriles is 1. The molecule has 1 amide bonds. The molecule has 4 aromatic rings. The molecule has 2 heterocycles. The van der Waals surface area contributed by atoms with Gasteiger partial charge in [-0.05, 0) is 47.9 Å². The lowest BCUT2D eigenvalue weighted by atomic mass is 10.1. The maximum atomic E-state index is 13.1. The molecular weight excluding hydrogens is 412 g/mol. The van der Waals surface area contributed by atoms with E-state index in [9.17, 15) is 4.79 Å². The Kier molecular flexibility index (Phi) is 6.88. The van der Waals surface area contributed by atoms with E-state index >= 15 is 0 Å². The second-order valence-electron chi connectivity index (χ2n) is 7.65. The Balaban J connectivity index is 1.42. The number of nitrogens with one attached hydrogen (secondary N) is 2. The quantitative estimate of drug-likeness (QED) is 0.437. The molecule has 0 aliphatic rings. The smallest absolute Gasteiger partial charge is 0.247 e. The number of benzene rings is 2. The van der Waals surface area contributed by atoms with Crippen LogP contribution in [-0.4, -0.2) is 27.2 Å². The maximum absolute atomic E-state index is 13.1. The molecule has 2 N–H and O–H groups in total. The number of nitrogens with zero attached hydrogens (tertiary/aromatic N) is 4. The third-order valence-electron chi connectivity index (χ3n) is 5.26. The molecule has 164 valence electrons. The highest BCUT2D eigenvalue weighted by Crippen LogP contribution is 2.19. The molecule has 2 aromatic heterocycles. The van der Waals surface area contributed by atoms with Crippen molar-refractivity contribution >= 4 is 11.7 Å². The van der Waals surface area contributed by atoms with Crippen LogP contribution in [0.25, 0.3) is 11.3 Å². The van der Waals surface area contributed by atoms with Crippen LogP contribution in [0.1, 0.15) is 22.7 Å². The fourth-order valence-corrected chi connectivity index (χ4v) is 3.50. The zero-order valence-corrected chi connectivity index (χ0v) is 18.3. The standard InChI is InChI=1S/C26H24N6O/c1-32-16-14-23(31-32)22-11-12-24(29-18-22)30-26(33)25(21-5-3-2-4-6-21)28-15-13-19-7-9-20(17-27)10-8-19/h2-12,14,16,18,25,28H,13,15H2,1H3,(H,29,30,33)/t25-/m1/s1. The third kappa shape index (κ3) is 5.70. The van der Waals surface area contributed by atoms with Gasteiger partial charge in [0.15, 0.2) is 0 Å². The van der Waals surface area contributed by atoms with E-state index < -0.39 is 6.04 Å². The largest absolute Gasteiger partial charge is 0.309 e. The van der Waals surface area contributed by atoms with Gasteiger partial charge >= 0.3 is 0 Å². The molecular formula is C26H24N6O. The fourth-order valence-electron chi connectivity index (χ4n) is 3.50. The Hall–Kier alpha value is -4.28. The highest BCUT2D eigenvalue weighted by molar-refractivity contribution is 5.94. The summed E-state index contributed by atoms with van der Waals surface area (Å²) >= 11 is 0. The number of amides is 1. The summed E-state index contributed by atoms with van der Waals surface area (Å²) in [5.41, 5.74) is 4.32. The van der Waals surface area contributed by atoms with E-state index in [1.54, 1.807) is 29.1 Å². The summed E-state index contributed by atoms with van der Waals surface area (Å²) in [6.07, 6.45) is 4.31. The van der Waals surface area contributed by atoms with Crippen LogP contribution >= 0.6 is 0 Å². The molecule has 2 aromatic carbocycles. The van der Waals surface area contributed by atoms with Crippen molar-refractivity contribution in [3.8, 4) is 17.3 Å². The van der Waals surface area contributed by atoms with Gasteiger partial charge in [0.05, 0.1) is 17.3 Å². The van der Waals surface area contributed by atoms with E-state index in [4.69, 9.17) is 5.26 Å². The molecule has 0 saturated heterocycles. The topological polar surface area (TPSA) is 95.6 Å². The number of hydrogen-bond acceptors (Lipinski definition) is 5. The lowest BCUT2D eigenvalue weighted by Gasteiger charge is -2.19. The van der Waals surface area contributed by atoms with Crippen molar-refractivity contribution in [2.24, 2.45) is 7.05 Å². The van der Waals surface area contributed by atoms with Crippen molar-refractivity contribution in [3.05, 3.63) is 102 Å². The SMILES string of the molecule is Cn1ccc(-c2ccc(NC(=O)[C@H](NCCc3ccc(C#N)cc3)c3ccccc3)nc2)n1. The van der Waals surface area contributed by atoms with E-state index in [0.29, 0.717) is 17.9 Å². The molecule has 0 radical (unpaired) electrons. The number of hydrogen-bond donors (Lipinski definition) is 2. The summed E-state index contributed by atoms with van der Waals surface area (Å²) in [6, 6.07) is 24.3. The first kappa shape index (κ1) is 21.9. The van der Waals surface area contributed by atoms with Gasteiger partial charge in [0.2, 0.25) is 5.91 Å². The number of pyridine rings is 1. The fraction of sp³-hybridized carbons (Fsp3) is 0.154. The normalized spacial score (nSPS) is 11.5. The van der Waals surface area contributed by atoms with Gasteiger partial charge in [0.1, 0.15) is 11.9 Å². The second-order valence-corrected chi connectivity index (χ2v) is 7.65. The highest BCUT2D eigenvalue weighted by Gasteiger charge is 2.20. The Morgan fingerprint density at radius 1 is 1.06 bits per heavy atom. The summed E-state index contributed by atoms with van der Waals surface area (Å²) in [6.45, 7) is 0.602. The first-order valence-electron chi connectivity index (χ1n) is 10.7. The van der Waals surface area contributed by atoms with Crippen molar-refractivity contribution in [1.82, 2.24) is 20.1 Å². The van der Waals surface area contributed by atoms with Gasteiger partial charge in [-0.1, -0.05) is 42.5 Å². The van der Waals surface area contributed by atoms with Gasteiger partial charge in [-0.15, -0.1) is 0 Å². The minimum Gasteiger partial charge on any atom is -0.309 e. The zero-order valence-electron chi connectivity index (χ0n) is 18.3. The molecule has 0 unspecified atom stereocenters. The molecule has 0 aliphatic heterocycles. The highest BCUT2D eigenvalue weighted by atomic mass is 16.2. The van der Waals surface area contributed by atoms with E-state index in [-0.39, 0.29) is 5.91 Å². The van der Waals surface area contributed by atoms with E-state index in [0.717, 1.165) is 28.8 Å². The Labute approximate surface area is 192 Å². The predicted octanol–water partition coefficient (Wildman–Crippen LogP) is 3.87. The van der Waals surface area contributed by atoms with Gasteiger partial charge in [-0.25, -0.2) is 4.98 Å². The number of anilines is 1. The zero-order chi connectivity index (χ0) is 23.0. The Bertz CT molecular complexity index is 1240. The monoisotopic (exact) mass is 436 g/mol. The number of aryl methyl sites for hydroxylation is 1. The third-order valence-corrected chi connectivity index (χ3v) is 5.26. The lowest BCUT2D eigenvalue weighted by Crippen LogP contribution is -2.34. The first-order chi connectivity index (χ1) is 16.1. The summed E-state index contributed by atoms with van der Waals surface area (Å²) in [5.74, 6) is 0.300. The van der Waals surface area contributed by atoms with Crippen molar-refractivity contribution in [1.29, 1.82) is 5.26 Å². The number of carbonyl (C=O) groups excluding carboxylic acids is 1. The molecule has 1 atom stereocenters. The summed E-state index contributed by atoms with van der Waals surface area (Å²) in [7, 11) is 1.86. The van der Waals surface area contributed by atoms with Gasteiger partial charge in [-0.3, -0.25) is 9.48 Å². The predicted molar refractivity (Wildman–Crippen MR) is 127 cm³/mol. The molecule has 7 heteroatoms. The van der Waals surface area contributed by atoms with Crippen LogP contribution in [0.15, 0.2) is 85.2 Å². The summed E-state index contributed by atoms with van der Waals surface area (Å²) in [4.78, 5) is 17.5. The minimum atomic E-state index is -0.526. The van der Waals surface area contributed by atoms with E-state index in [1.165, 1.54) is 0 Å². The van der Waals surface area contributed by atoms with E-state index in [2.05, 4.69) is 26.8 Å². The molecule has 4 rings (SSSR count). The molecule has 0 bridgehead atoms. The maximum Gasteiger partial charge on any atom is 0.247 e. The summed E-state index contributed by atoms with van der Waals surface area (Å²) in [5, 5.41) is 19.6. The van der Waals surface area contributed by atoms with Crippen LogP contribution in [0.2, 0.25) is 0 Å². The van der Waals surface area contributed by atoms with Crippen molar-refractivity contribution in [2.45, 2.75) is 12.5 Å². The molecule has 33 heavy (non-hydrogen) atoms. The lowest BCUT2D eigenvalue weighted by molar-refractivity contribution is -0.118. The van der Waals surface area contributed by atoms with Gasteiger partial charge in [0, 0.05) is 31.5 Å². The number of carbonyl (C=O) groups is 1. The van der Waals surface area contributed by atoms with Gasteiger partial charge < -0.3 is 10.6 Å². The van der Waals surface area contributed by atoms with Crippen molar-refractivity contribution in [3.63, 3.8) is 0 Å². The average molecular weight is 437 g/mol. The van der Waals surface area contributed by atoms with Crippen LogP contribution in [0.4, 0.5) is 5.82 Å². The minimum absolute atomic E-state index is 0.181. The molecule has 0 saturated carbocycles. The van der Waals surface area contributed by atoms with Crippen LogP contribution in [0.3, 0.4) is 0 Å². The van der Waals surface area contributed by atoms with Crippen LogP contribution in [0.5, 0.6) is 0 Å². The molecule has 0 spiro atoms. The van der Waals surface area contributed by atoms with Crippen LogP contribution < -0.4 is 10.6 Å². The van der Waals surface area contributed by atoms with Gasteiger partial charge in [0.25, 0.3) is 0 Å². The Morgan fingerprint density at radius 2 is 1.85 bits per heavy atom. The molecule has 0 aliphatic carbocycles. The molecule has 7 nitrogen and oxygen atoms in total. The van der Waals surface area contributed by atoms with E-state index in [1.807, 2.05) is 67.8 Å².